The van der Waals surface area contributed by atoms with E-state index in [1.165, 1.54) is 83.5 Å². The summed E-state index contributed by atoms with van der Waals surface area (Å²) in [7, 11) is 0. The van der Waals surface area contributed by atoms with Gasteiger partial charge in [-0.15, -0.1) is 0 Å². The molecule has 1 unspecified atom stereocenters. The Labute approximate surface area is 266 Å². The monoisotopic (exact) mass is 605 g/mol. The molecule has 0 heterocycles. The smallest absolute Gasteiger partial charge is 0.306 e. The van der Waals surface area contributed by atoms with Gasteiger partial charge >= 0.3 is 11.9 Å². The first-order valence-corrected chi connectivity index (χ1v) is 18.0. The minimum absolute atomic E-state index is 0.0752. The zero-order valence-electron chi connectivity index (χ0n) is 28.2. The first kappa shape index (κ1) is 41.1. The number of aliphatic hydroxyl groups excluding tert-OH is 1. The Hall–Kier alpha value is -1.88. The van der Waals surface area contributed by atoms with Crippen LogP contribution in [0.5, 0.6) is 0 Å². The fourth-order valence-corrected chi connectivity index (χ4v) is 4.86. The summed E-state index contributed by atoms with van der Waals surface area (Å²) in [6.45, 7) is 4.06. The summed E-state index contributed by atoms with van der Waals surface area (Å²) in [4.78, 5) is 24.2. The minimum Gasteiger partial charge on any atom is -0.462 e. The Bertz CT molecular complexity index is 696. The summed E-state index contributed by atoms with van der Waals surface area (Å²) in [5, 5.41) is 9.52. The van der Waals surface area contributed by atoms with Crippen molar-refractivity contribution in [3.05, 3.63) is 36.5 Å². The SMILES string of the molecule is CCCC/C=C\C/C=C\CCCCCCCC(=O)OC(CO)COC(=O)CCCCCCC/C=C\CCCCCCCC. The van der Waals surface area contributed by atoms with Crippen molar-refractivity contribution in [3.63, 3.8) is 0 Å². The van der Waals surface area contributed by atoms with Gasteiger partial charge in [-0.05, 0) is 64.2 Å². The van der Waals surface area contributed by atoms with E-state index in [1.807, 2.05) is 0 Å². The molecule has 0 amide bonds. The number of ether oxygens (including phenoxy) is 2. The first-order valence-electron chi connectivity index (χ1n) is 18.0. The van der Waals surface area contributed by atoms with E-state index in [2.05, 4.69) is 50.3 Å². The molecular formula is C38H68O5. The average molecular weight is 605 g/mol. The van der Waals surface area contributed by atoms with E-state index in [4.69, 9.17) is 9.47 Å². The van der Waals surface area contributed by atoms with Crippen LogP contribution in [0.2, 0.25) is 0 Å². The van der Waals surface area contributed by atoms with Crippen LogP contribution in [0.1, 0.15) is 174 Å². The molecule has 0 radical (unpaired) electrons. The van der Waals surface area contributed by atoms with Crippen molar-refractivity contribution < 1.29 is 24.2 Å². The summed E-state index contributed by atoms with van der Waals surface area (Å²) in [5.41, 5.74) is 0. The molecule has 250 valence electrons. The lowest BCUT2D eigenvalue weighted by atomic mass is 10.1. The van der Waals surface area contributed by atoms with E-state index in [-0.39, 0.29) is 25.2 Å². The van der Waals surface area contributed by atoms with Gasteiger partial charge < -0.3 is 14.6 Å². The third-order valence-electron chi connectivity index (χ3n) is 7.66. The summed E-state index contributed by atoms with van der Waals surface area (Å²) < 4.78 is 10.6. The van der Waals surface area contributed by atoms with Crippen LogP contribution < -0.4 is 0 Å². The van der Waals surface area contributed by atoms with Crippen molar-refractivity contribution in [3.8, 4) is 0 Å². The molecule has 5 heteroatoms. The molecular weight excluding hydrogens is 536 g/mol. The molecule has 0 saturated carbocycles. The maximum absolute atomic E-state index is 12.1. The minimum atomic E-state index is -0.779. The van der Waals surface area contributed by atoms with Gasteiger partial charge in [-0.3, -0.25) is 9.59 Å². The van der Waals surface area contributed by atoms with E-state index in [1.54, 1.807) is 0 Å². The molecule has 0 aromatic heterocycles. The van der Waals surface area contributed by atoms with Crippen LogP contribution in [-0.4, -0.2) is 36.4 Å². The van der Waals surface area contributed by atoms with Crippen molar-refractivity contribution in [2.24, 2.45) is 0 Å². The lowest BCUT2D eigenvalue weighted by Crippen LogP contribution is -2.28. The third kappa shape index (κ3) is 32.9. The van der Waals surface area contributed by atoms with Gasteiger partial charge in [0.25, 0.3) is 0 Å². The van der Waals surface area contributed by atoms with Gasteiger partial charge in [0.2, 0.25) is 0 Å². The number of rotatable bonds is 32. The molecule has 43 heavy (non-hydrogen) atoms. The highest BCUT2D eigenvalue weighted by atomic mass is 16.6. The summed E-state index contributed by atoms with van der Waals surface area (Å²) in [5.74, 6) is -0.618. The van der Waals surface area contributed by atoms with Gasteiger partial charge in [0.1, 0.15) is 6.61 Å². The Morgan fingerprint density at radius 3 is 1.47 bits per heavy atom. The van der Waals surface area contributed by atoms with Crippen molar-refractivity contribution >= 4 is 11.9 Å². The number of hydrogen-bond acceptors (Lipinski definition) is 5. The molecule has 0 aliphatic rings. The normalized spacial score (nSPS) is 12.5. The van der Waals surface area contributed by atoms with Crippen LogP contribution in [0.4, 0.5) is 0 Å². The topological polar surface area (TPSA) is 72.8 Å². The zero-order chi connectivity index (χ0) is 31.5. The molecule has 0 aromatic rings. The van der Waals surface area contributed by atoms with E-state index in [0.29, 0.717) is 12.8 Å². The number of unbranched alkanes of at least 4 members (excludes halogenated alkanes) is 18. The average Bonchev–Trinajstić information content (AvgIpc) is 3.01. The first-order chi connectivity index (χ1) is 21.1. The highest BCUT2D eigenvalue weighted by Gasteiger charge is 2.16. The van der Waals surface area contributed by atoms with Crippen molar-refractivity contribution in [1.29, 1.82) is 0 Å². The molecule has 0 fully saturated rings. The highest BCUT2D eigenvalue weighted by molar-refractivity contribution is 5.70. The van der Waals surface area contributed by atoms with Gasteiger partial charge in [0, 0.05) is 12.8 Å². The third-order valence-corrected chi connectivity index (χ3v) is 7.66. The van der Waals surface area contributed by atoms with E-state index >= 15 is 0 Å². The molecule has 0 aromatic carbocycles. The van der Waals surface area contributed by atoms with Crippen molar-refractivity contribution in [2.45, 2.75) is 180 Å². The van der Waals surface area contributed by atoms with Gasteiger partial charge in [-0.25, -0.2) is 0 Å². The van der Waals surface area contributed by atoms with Crippen molar-refractivity contribution in [1.82, 2.24) is 0 Å². The van der Waals surface area contributed by atoms with Gasteiger partial charge in [0.15, 0.2) is 6.10 Å². The van der Waals surface area contributed by atoms with Crippen LogP contribution in [-0.2, 0) is 19.1 Å². The quantitative estimate of drug-likeness (QED) is 0.0470. The molecule has 5 nitrogen and oxygen atoms in total. The number of allylic oxidation sites excluding steroid dienone is 6. The Morgan fingerprint density at radius 2 is 0.953 bits per heavy atom. The fraction of sp³-hybridized carbons (Fsp3) is 0.789. The number of hydrogen-bond donors (Lipinski definition) is 1. The molecule has 0 saturated heterocycles. The summed E-state index contributed by atoms with van der Waals surface area (Å²) in [6, 6.07) is 0. The van der Waals surface area contributed by atoms with E-state index in [9.17, 15) is 14.7 Å². The van der Waals surface area contributed by atoms with Crippen LogP contribution in [0.3, 0.4) is 0 Å². The maximum Gasteiger partial charge on any atom is 0.306 e. The number of carbonyl (C=O) groups is 2. The molecule has 0 aliphatic heterocycles. The molecule has 1 atom stereocenters. The fourth-order valence-electron chi connectivity index (χ4n) is 4.86. The number of esters is 2. The Balaban J connectivity index is 3.61. The molecule has 0 bridgehead atoms. The lowest BCUT2D eigenvalue weighted by molar-refractivity contribution is -0.161. The standard InChI is InChI=1S/C38H68O5/c1-3-5-7-9-11-13-15-17-19-21-22-24-26-28-30-32-37(40)42-35-36(34-39)43-38(41)33-31-29-27-25-23-20-18-16-14-12-10-8-6-4-2/h10,12,16-19,36,39H,3-9,11,13-15,20-35H2,1-2H3/b12-10-,18-16-,19-17-. The maximum atomic E-state index is 12.1. The predicted molar refractivity (Wildman–Crippen MR) is 182 cm³/mol. The van der Waals surface area contributed by atoms with Gasteiger partial charge in [-0.1, -0.05) is 134 Å². The van der Waals surface area contributed by atoms with Gasteiger partial charge in [-0.2, -0.15) is 0 Å². The van der Waals surface area contributed by atoms with Gasteiger partial charge in [0.05, 0.1) is 6.61 Å². The zero-order valence-corrected chi connectivity index (χ0v) is 28.2. The number of aliphatic hydroxyl groups is 1. The second-order valence-corrected chi connectivity index (χ2v) is 11.9. The molecule has 1 N–H and O–H groups in total. The lowest BCUT2D eigenvalue weighted by Gasteiger charge is -2.15. The molecule has 0 spiro atoms. The molecule has 0 aliphatic carbocycles. The highest BCUT2D eigenvalue weighted by Crippen LogP contribution is 2.12. The second kappa shape index (κ2) is 34.6. The van der Waals surface area contributed by atoms with Crippen LogP contribution in [0, 0.1) is 0 Å². The molecule has 0 rings (SSSR count). The summed E-state index contributed by atoms with van der Waals surface area (Å²) >= 11 is 0. The van der Waals surface area contributed by atoms with Crippen LogP contribution in [0.15, 0.2) is 36.5 Å². The van der Waals surface area contributed by atoms with E-state index < -0.39 is 6.10 Å². The Kier molecular flexibility index (Phi) is 33.1. The van der Waals surface area contributed by atoms with Crippen LogP contribution >= 0.6 is 0 Å². The Morgan fingerprint density at radius 1 is 0.535 bits per heavy atom. The van der Waals surface area contributed by atoms with Crippen LogP contribution in [0.25, 0.3) is 0 Å². The largest absolute Gasteiger partial charge is 0.462 e. The van der Waals surface area contributed by atoms with E-state index in [0.717, 1.165) is 64.2 Å². The predicted octanol–water partition coefficient (Wildman–Crippen LogP) is 10.9. The number of carbonyl (C=O) groups excluding carboxylic acids is 2. The van der Waals surface area contributed by atoms with Crippen molar-refractivity contribution in [2.75, 3.05) is 13.2 Å². The second-order valence-electron chi connectivity index (χ2n) is 11.9. The summed E-state index contributed by atoms with van der Waals surface area (Å²) in [6.07, 6.45) is 40.5.